The second-order valence-corrected chi connectivity index (χ2v) is 15.4. The van der Waals surface area contributed by atoms with E-state index in [0.29, 0.717) is 28.2 Å². The molecule has 2 fully saturated rings. The van der Waals surface area contributed by atoms with E-state index in [-0.39, 0.29) is 24.0 Å². The Morgan fingerprint density at radius 2 is 1.68 bits per heavy atom. The van der Waals surface area contributed by atoms with Crippen LogP contribution in [0.2, 0.25) is 0 Å². The number of carbonyl (C=O) groups excluding carboxylic acids is 1. The lowest BCUT2D eigenvalue weighted by Crippen LogP contribution is -2.50. The van der Waals surface area contributed by atoms with Crippen molar-refractivity contribution in [3.8, 4) is 0 Å². The summed E-state index contributed by atoms with van der Waals surface area (Å²) in [6.45, 7) is 9.18. The average Bonchev–Trinajstić information content (AvgIpc) is 3.53. The van der Waals surface area contributed by atoms with Gasteiger partial charge in [0.15, 0.2) is 11.0 Å². The molecule has 2 aromatic rings. The van der Waals surface area contributed by atoms with Crippen molar-refractivity contribution in [3.63, 3.8) is 0 Å². The fourth-order valence-corrected chi connectivity index (χ4v) is 7.51. The van der Waals surface area contributed by atoms with Gasteiger partial charge in [-0.25, -0.2) is 19.2 Å². The third kappa shape index (κ3) is 8.83. The monoisotopic (exact) mass is 762 g/mol. The molecule has 0 spiro atoms. The molecule has 2 saturated heterocycles. The fraction of sp³-hybridized carbons (Fsp3) is 0.710. The second-order valence-electron chi connectivity index (χ2n) is 12.4. The number of halogens is 3. The number of amides is 1. The first-order chi connectivity index (χ1) is 19.6. The smallest absolute Gasteiger partial charge is 0.410 e. The Morgan fingerprint density at radius 3 is 2.27 bits per heavy atom. The lowest BCUT2D eigenvalue weighted by Gasteiger charge is -2.36. The van der Waals surface area contributed by atoms with Crippen LogP contribution in [0, 0.1) is 9.39 Å². The van der Waals surface area contributed by atoms with E-state index in [0.717, 1.165) is 33.4 Å². The number of nitrogens with zero attached hydrogens (tertiary/aromatic N) is 4. The number of fused-ring (bicyclic) bond motifs is 3. The highest BCUT2D eigenvalue weighted by Gasteiger charge is 2.47. The Bertz CT molecular complexity index is 1200. The summed E-state index contributed by atoms with van der Waals surface area (Å²) in [7, 11) is 0. The molecule has 6 nitrogen and oxygen atoms in total. The second kappa shape index (κ2) is 15.2. The van der Waals surface area contributed by atoms with E-state index in [1.54, 1.807) is 11.8 Å². The number of unbranched alkanes of at least 4 members (excludes halogenated alkanes) is 10. The molecule has 41 heavy (non-hydrogen) atoms. The first-order valence-corrected chi connectivity index (χ1v) is 18.2. The van der Waals surface area contributed by atoms with E-state index < -0.39 is 5.60 Å². The lowest BCUT2D eigenvalue weighted by molar-refractivity contribution is 0.0214. The summed E-state index contributed by atoms with van der Waals surface area (Å²) in [4.78, 5) is 26.5. The number of anilines is 1. The van der Waals surface area contributed by atoms with Crippen LogP contribution in [0.15, 0.2) is 15.7 Å². The zero-order chi connectivity index (χ0) is 29.6. The highest BCUT2D eigenvalue weighted by molar-refractivity contribution is 14.1. The third-order valence-corrected chi connectivity index (χ3v) is 11.2. The molecule has 228 valence electrons. The van der Waals surface area contributed by atoms with Crippen molar-refractivity contribution in [2.24, 2.45) is 0 Å². The molecular formula is C31H45BrFIN4O2S. The molecule has 0 saturated carbocycles. The quantitative estimate of drug-likeness (QED) is 0.0628. The molecule has 10 heteroatoms. The highest BCUT2D eigenvalue weighted by Crippen LogP contribution is 2.40. The number of hydrogen-bond acceptors (Lipinski definition) is 6. The van der Waals surface area contributed by atoms with Crippen molar-refractivity contribution >= 4 is 73.1 Å². The number of hydrogen-bond donors (Lipinski definition) is 0. The minimum Gasteiger partial charge on any atom is -0.444 e. The molecule has 0 aliphatic carbocycles. The van der Waals surface area contributed by atoms with Gasteiger partial charge in [0, 0.05) is 27.8 Å². The first-order valence-electron chi connectivity index (χ1n) is 15.3. The van der Waals surface area contributed by atoms with E-state index in [4.69, 9.17) is 9.72 Å². The van der Waals surface area contributed by atoms with Crippen molar-refractivity contribution in [3.05, 3.63) is 19.9 Å². The number of benzene rings is 1. The van der Waals surface area contributed by atoms with Crippen LogP contribution in [0.1, 0.15) is 105 Å². The number of thioether (sulfide) groups is 1. The van der Waals surface area contributed by atoms with Gasteiger partial charge in [-0.2, -0.15) is 0 Å². The summed E-state index contributed by atoms with van der Waals surface area (Å²) in [6.07, 6.45) is 15.0. The van der Waals surface area contributed by atoms with Crippen molar-refractivity contribution in [1.29, 1.82) is 0 Å². The Balaban J connectivity index is 1.36. The summed E-state index contributed by atoms with van der Waals surface area (Å²) in [5, 5.41) is 1.35. The molecule has 1 amide bonds. The van der Waals surface area contributed by atoms with Crippen LogP contribution in [-0.2, 0) is 4.74 Å². The topological polar surface area (TPSA) is 58.6 Å². The van der Waals surface area contributed by atoms with Gasteiger partial charge in [-0.15, -0.1) is 0 Å². The molecule has 2 aliphatic heterocycles. The Kier molecular flexibility index (Phi) is 12.3. The van der Waals surface area contributed by atoms with Gasteiger partial charge in [-0.1, -0.05) is 82.9 Å². The maximum Gasteiger partial charge on any atom is 0.410 e. The number of rotatable bonds is 14. The molecule has 0 unspecified atom stereocenters. The molecule has 2 aliphatic rings. The van der Waals surface area contributed by atoms with Gasteiger partial charge in [0.2, 0.25) is 0 Å². The predicted molar refractivity (Wildman–Crippen MR) is 180 cm³/mol. The molecule has 1 aromatic carbocycles. The maximum atomic E-state index is 15.5. The summed E-state index contributed by atoms with van der Waals surface area (Å²) in [5.41, 5.74) is -0.168. The summed E-state index contributed by atoms with van der Waals surface area (Å²) < 4.78 is 22.3. The third-order valence-electron chi connectivity index (χ3n) is 7.91. The summed E-state index contributed by atoms with van der Waals surface area (Å²) >= 11 is 7.18. The van der Waals surface area contributed by atoms with Gasteiger partial charge in [0.25, 0.3) is 0 Å². The van der Waals surface area contributed by atoms with Gasteiger partial charge >= 0.3 is 6.09 Å². The zero-order valence-corrected chi connectivity index (χ0v) is 29.5. The Labute approximate surface area is 271 Å². The highest BCUT2D eigenvalue weighted by atomic mass is 127. The maximum absolute atomic E-state index is 15.5. The minimum absolute atomic E-state index is 0.0617. The standard InChI is InChI=1S/C31H45BrFIN4O2S/c1-5-6-7-8-9-10-11-12-13-14-15-16-41-29-35-27-23(18-24(34)25(32)26(27)33)28(36-29)37-19-22-17-21(37)20-38(22)30(39)40-31(2,3)4/h18,21-22H,5-17,19-20H2,1-4H3/t21-,22-/m0/s1. The van der Waals surface area contributed by atoms with Gasteiger partial charge in [-0.05, 0) is 78.2 Å². The largest absolute Gasteiger partial charge is 0.444 e. The van der Waals surface area contributed by atoms with Gasteiger partial charge < -0.3 is 14.5 Å². The van der Waals surface area contributed by atoms with E-state index in [1.165, 1.54) is 64.2 Å². The van der Waals surface area contributed by atoms with Crippen LogP contribution < -0.4 is 4.90 Å². The van der Waals surface area contributed by atoms with Crippen molar-refractivity contribution in [2.45, 2.75) is 128 Å². The fourth-order valence-electron chi connectivity index (χ4n) is 5.82. The normalized spacial score (nSPS) is 18.6. The van der Waals surface area contributed by atoms with E-state index in [1.807, 2.05) is 31.7 Å². The Morgan fingerprint density at radius 1 is 1.05 bits per heavy atom. The number of ether oxygens (including phenoxy) is 1. The van der Waals surface area contributed by atoms with Crippen LogP contribution in [0.4, 0.5) is 15.0 Å². The first kappa shape index (κ1) is 33.0. The lowest BCUT2D eigenvalue weighted by atomic mass is 10.1. The number of aromatic nitrogens is 2. The molecule has 0 N–H and O–H groups in total. The van der Waals surface area contributed by atoms with Crippen molar-refractivity contribution in [1.82, 2.24) is 14.9 Å². The molecular weight excluding hydrogens is 718 g/mol. The van der Waals surface area contributed by atoms with Crippen LogP contribution >= 0.6 is 50.3 Å². The SMILES string of the molecule is CCCCCCCCCCCCCSc1nc(N2C[C@@H]3C[C@H]2CN3C(=O)OC(C)(C)C)c2cc(I)c(Br)c(F)c2n1. The molecule has 3 heterocycles. The van der Waals surface area contributed by atoms with Crippen LogP contribution in [0.3, 0.4) is 0 Å². The van der Waals surface area contributed by atoms with Gasteiger partial charge in [-0.3, -0.25) is 0 Å². The predicted octanol–water partition coefficient (Wildman–Crippen LogP) is 9.74. The molecule has 1 aromatic heterocycles. The Hall–Kier alpha value is -0.880. The number of piperazine rings is 1. The van der Waals surface area contributed by atoms with Crippen LogP contribution in [0.5, 0.6) is 0 Å². The van der Waals surface area contributed by atoms with Gasteiger partial charge in [0.05, 0.1) is 16.6 Å². The summed E-state index contributed by atoms with van der Waals surface area (Å²) in [5.74, 6) is 1.36. The number of carbonyl (C=O) groups is 1. The molecule has 4 rings (SSSR count). The molecule has 2 atom stereocenters. The van der Waals surface area contributed by atoms with E-state index >= 15 is 4.39 Å². The van der Waals surface area contributed by atoms with Crippen LogP contribution in [-0.4, -0.2) is 57.5 Å². The zero-order valence-electron chi connectivity index (χ0n) is 25.0. The van der Waals surface area contributed by atoms with Crippen LogP contribution in [0.25, 0.3) is 10.9 Å². The minimum atomic E-state index is -0.525. The van der Waals surface area contributed by atoms with E-state index in [2.05, 4.69) is 55.3 Å². The summed E-state index contributed by atoms with van der Waals surface area (Å²) in [6, 6.07) is 2.15. The number of likely N-dealkylation sites (tertiary alicyclic amines) is 1. The van der Waals surface area contributed by atoms with Gasteiger partial charge in [0.1, 0.15) is 16.9 Å². The molecule has 2 bridgehead atoms. The van der Waals surface area contributed by atoms with E-state index in [9.17, 15) is 4.79 Å². The van der Waals surface area contributed by atoms with Crippen molar-refractivity contribution < 1.29 is 13.9 Å². The van der Waals surface area contributed by atoms with Crippen molar-refractivity contribution in [2.75, 3.05) is 23.7 Å². The average molecular weight is 764 g/mol. The molecule has 0 radical (unpaired) electrons.